The molecule has 1 aromatic carbocycles. The second-order valence-electron chi connectivity index (χ2n) is 7.98. The highest BCUT2D eigenvalue weighted by molar-refractivity contribution is 5.65. The van der Waals surface area contributed by atoms with E-state index in [0.717, 1.165) is 48.8 Å². The zero-order valence-corrected chi connectivity index (χ0v) is 16.4. The van der Waals surface area contributed by atoms with Crippen molar-refractivity contribution in [3.05, 3.63) is 42.0 Å². The van der Waals surface area contributed by atoms with E-state index in [1.807, 2.05) is 45.0 Å². The third-order valence-corrected chi connectivity index (χ3v) is 4.65. The van der Waals surface area contributed by atoms with Crippen LogP contribution < -0.4 is 15.0 Å². The average molecular weight is 393 g/mol. The minimum atomic E-state index is -4.37. The van der Waals surface area contributed by atoms with Gasteiger partial charge in [0.1, 0.15) is 11.6 Å². The molecule has 0 spiro atoms. The Balaban J connectivity index is 1.92. The van der Waals surface area contributed by atoms with Crippen LogP contribution in [0.2, 0.25) is 0 Å². The van der Waals surface area contributed by atoms with E-state index in [2.05, 4.69) is 10.2 Å². The van der Waals surface area contributed by atoms with Crippen LogP contribution in [-0.2, 0) is 5.41 Å². The van der Waals surface area contributed by atoms with Crippen molar-refractivity contribution >= 4 is 5.82 Å². The molecule has 0 amide bonds. The average Bonchev–Trinajstić information content (AvgIpc) is 2.66. The molecule has 0 aliphatic carbocycles. The largest absolute Gasteiger partial charge is 0.484 e. The molecule has 152 valence electrons. The van der Waals surface area contributed by atoms with E-state index in [4.69, 9.17) is 9.72 Å². The van der Waals surface area contributed by atoms with Crippen LogP contribution in [0.3, 0.4) is 0 Å². The highest BCUT2D eigenvalue weighted by atomic mass is 19.4. The topological polar surface area (TPSA) is 37.4 Å². The van der Waals surface area contributed by atoms with Gasteiger partial charge in [-0.15, -0.1) is 0 Å². The summed E-state index contributed by atoms with van der Waals surface area (Å²) in [7, 11) is 0. The third-order valence-electron chi connectivity index (χ3n) is 4.65. The molecule has 3 rings (SSSR count). The lowest BCUT2D eigenvalue weighted by atomic mass is 9.85. The Kier molecular flexibility index (Phi) is 5.84. The van der Waals surface area contributed by atoms with Crippen molar-refractivity contribution in [1.29, 1.82) is 0 Å². The summed E-state index contributed by atoms with van der Waals surface area (Å²) in [6.45, 7) is 8.20. The number of ether oxygens (including phenoxy) is 1. The predicted octanol–water partition coefficient (Wildman–Crippen LogP) is 4.40. The number of nitrogens with zero attached hydrogens (tertiary/aromatic N) is 2. The van der Waals surface area contributed by atoms with Crippen LogP contribution in [0.5, 0.6) is 5.75 Å². The number of alkyl halides is 3. The molecular formula is C21H26F3N3O. The second-order valence-corrected chi connectivity index (χ2v) is 7.98. The molecule has 2 aromatic rings. The monoisotopic (exact) mass is 393 g/mol. The molecule has 1 saturated heterocycles. The van der Waals surface area contributed by atoms with Crippen molar-refractivity contribution < 1.29 is 17.9 Å². The van der Waals surface area contributed by atoms with E-state index in [-0.39, 0.29) is 11.2 Å². The van der Waals surface area contributed by atoms with Crippen molar-refractivity contribution in [2.24, 2.45) is 0 Å². The number of rotatable bonds is 4. The first-order valence-corrected chi connectivity index (χ1v) is 9.41. The lowest BCUT2D eigenvalue weighted by molar-refractivity contribution is -0.153. The van der Waals surface area contributed by atoms with Crippen LogP contribution >= 0.6 is 0 Å². The van der Waals surface area contributed by atoms with Gasteiger partial charge in [-0.25, -0.2) is 4.98 Å². The normalized spacial score (nSPS) is 15.6. The smallest absolute Gasteiger partial charge is 0.422 e. The summed E-state index contributed by atoms with van der Waals surface area (Å²) in [4.78, 5) is 7.01. The number of aromatic nitrogens is 1. The Labute approximate surface area is 163 Å². The number of piperazine rings is 1. The Hall–Kier alpha value is -2.28. The Morgan fingerprint density at radius 3 is 2.43 bits per heavy atom. The number of hydrogen-bond acceptors (Lipinski definition) is 4. The van der Waals surface area contributed by atoms with Gasteiger partial charge in [0.25, 0.3) is 0 Å². The number of benzene rings is 1. The lowest BCUT2D eigenvalue weighted by Crippen LogP contribution is -2.43. The summed E-state index contributed by atoms with van der Waals surface area (Å²) in [6, 6.07) is 11.1. The molecule has 0 radical (unpaired) electrons. The summed E-state index contributed by atoms with van der Waals surface area (Å²) < 4.78 is 42.8. The van der Waals surface area contributed by atoms with Gasteiger partial charge in [0.05, 0.1) is 5.69 Å². The maximum Gasteiger partial charge on any atom is 0.422 e. The minimum absolute atomic E-state index is 0.256. The molecule has 2 heterocycles. The second kappa shape index (κ2) is 7.99. The van der Waals surface area contributed by atoms with E-state index in [1.165, 1.54) is 0 Å². The fraction of sp³-hybridized carbons (Fsp3) is 0.476. The first-order valence-electron chi connectivity index (χ1n) is 9.41. The SMILES string of the molecule is CC(C)(C)c1cc(-c2cccc(N3CCNCC3)n2)ccc1OCC(F)(F)F. The van der Waals surface area contributed by atoms with Gasteiger partial charge in [-0.3, -0.25) is 0 Å². The molecule has 1 fully saturated rings. The molecule has 28 heavy (non-hydrogen) atoms. The van der Waals surface area contributed by atoms with Crippen LogP contribution in [0.25, 0.3) is 11.3 Å². The van der Waals surface area contributed by atoms with Crippen molar-refractivity contribution in [3.63, 3.8) is 0 Å². The van der Waals surface area contributed by atoms with Crippen LogP contribution in [-0.4, -0.2) is 43.9 Å². The van der Waals surface area contributed by atoms with Gasteiger partial charge in [-0.2, -0.15) is 13.2 Å². The third kappa shape index (κ3) is 5.16. The van der Waals surface area contributed by atoms with Crippen molar-refractivity contribution in [3.8, 4) is 17.0 Å². The number of halogens is 3. The van der Waals surface area contributed by atoms with Crippen LogP contribution in [0, 0.1) is 0 Å². The molecule has 0 saturated carbocycles. The van der Waals surface area contributed by atoms with E-state index < -0.39 is 12.8 Å². The molecule has 7 heteroatoms. The summed E-state index contributed by atoms with van der Waals surface area (Å²) in [5.41, 5.74) is 2.02. The summed E-state index contributed by atoms with van der Waals surface area (Å²) in [5.74, 6) is 1.17. The molecule has 0 bridgehead atoms. The van der Waals surface area contributed by atoms with Gasteiger partial charge in [0.2, 0.25) is 0 Å². The van der Waals surface area contributed by atoms with Crippen LogP contribution in [0.4, 0.5) is 19.0 Å². The summed E-state index contributed by atoms with van der Waals surface area (Å²) in [5, 5.41) is 3.32. The van der Waals surface area contributed by atoms with Gasteiger partial charge in [0, 0.05) is 37.3 Å². The number of anilines is 1. The summed E-state index contributed by atoms with van der Waals surface area (Å²) in [6.07, 6.45) is -4.37. The molecule has 1 aliphatic rings. The highest BCUT2D eigenvalue weighted by Gasteiger charge is 2.30. The highest BCUT2D eigenvalue weighted by Crippen LogP contribution is 2.35. The first-order chi connectivity index (χ1) is 13.1. The quantitative estimate of drug-likeness (QED) is 0.836. The molecule has 4 nitrogen and oxygen atoms in total. The minimum Gasteiger partial charge on any atom is -0.484 e. The van der Waals surface area contributed by atoms with E-state index in [0.29, 0.717) is 0 Å². The zero-order chi connectivity index (χ0) is 20.4. The first kappa shape index (κ1) is 20.5. The molecular weight excluding hydrogens is 367 g/mol. The molecule has 0 atom stereocenters. The molecule has 1 aliphatic heterocycles. The van der Waals surface area contributed by atoms with E-state index in [9.17, 15) is 13.2 Å². The maximum absolute atomic E-state index is 12.6. The van der Waals surface area contributed by atoms with Crippen molar-refractivity contribution in [2.45, 2.75) is 32.4 Å². The van der Waals surface area contributed by atoms with Gasteiger partial charge >= 0.3 is 6.18 Å². The van der Waals surface area contributed by atoms with Gasteiger partial charge in [-0.05, 0) is 35.7 Å². The van der Waals surface area contributed by atoms with Gasteiger partial charge in [-0.1, -0.05) is 26.8 Å². The Morgan fingerprint density at radius 2 is 1.79 bits per heavy atom. The van der Waals surface area contributed by atoms with Crippen molar-refractivity contribution in [2.75, 3.05) is 37.7 Å². The standard InChI is InChI=1S/C21H26F3N3O/c1-20(2,3)16-13-15(7-8-18(16)28-14-21(22,23)24)17-5-4-6-19(26-17)27-11-9-25-10-12-27/h4-8,13,25H,9-12,14H2,1-3H3. The number of hydrogen-bond donors (Lipinski definition) is 1. The van der Waals surface area contributed by atoms with Crippen molar-refractivity contribution in [1.82, 2.24) is 10.3 Å². The van der Waals surface area contributed by atoms with E-state index >= 15 is 0 Å². The fourth-order valence-corrected chi connectivity index (χ4v) is 3.21. The lowest BCUT2D eigenvalue weighted by Gasteiger charge is -2.28. The maximum atomic E-state index is 12.6. The molecule has 0 unspecified atom stereocenters. The predicted molar refractivity (Wildman–Crippen MR) is 105 cm³/mol. The molecule has 1 N–H and O–H groups in total. The van der Waals surface area contributed by atoms with Crippen LogP contribution in [0.15, 0.2) is 36.4 Å². The van der Waals surface area contributed by atoms with Crippen LogP contribution in [0.1, 0.15) is 26.3 Å². The fourth-order valence-electron chi connectivity index (χ4n) is 3.21. The van der Waals surface area contributed by atoms with Gasteiger partial charge in [0.15, 0.2) is 6.61 Å². The summed E-state index contributed by atoms with van der Waals surface area (Å²) >= 11 is 0. The Bertz CT molecular complexity index is 809. The van der Waals surface area contributed by atoms with E-state index in [1.54, 1.807) is 12.1 Å². The zero-order valence-electron chi connectivity index (χ0n) is 16.4. The number of nitrogens with one attached hydrogen (secondary N) is 1. The van der Waals surface area contributed by atoms with Gasteiger partial charge < -0.3 is 15.0 Å². The Morgan fingerprint density at radius 1 is 1.07 bits per heavy atom. The molecule has 1 aromatic heterocycles. The number of pyridine rings is 1.